The maximum absolute atomic E-state index is 5.59. The molecule has 1 rings (SSSR count). The van der Waals surface area contributed by atoms with Gasteiger partial charge in [-0.1, -0.05) is 29.3 Å². The van der Waals surface area contributed by atoms with Gasteiger partial charge in [0.1, 0.15) is 5.75 Å². The molecule has 0 fully saturated rings. The quantitative estimate of drug-likeness (QED) is 0.761. The summed E-state index contributed by atoms with van der Waals surface area (Å²) < 4.78 is 6.69. The Morgan fingerprint density at radius 3 is 2.71 bits per heavy atom. The van der Waals surface area contributed by atoms with E-state index in [1.807, 2.05) is 19.1 Å². The van der Waals surface area contributed by atoms with Crippen molar-refractivity contribution in [3.8, 4) is 5.75 Å². The zero-order valence-corrected chi connectivity index (χ0v) is 12.9. The van der Waals surface area contributed by atoms with Crippen molar-refractivity contribution in [2.45, 2.75) is 33.2 Å². The lowest BCUT2D eigenvalue weighted by Gasteiger charge is -2.11. The summed E-state index contributed by atoms with van der Waals surface area (Å²) in [5, 5.41) is 3.43. The van der Waals surface area contributed by atoms with Crippen molar-refractivity contribution in [3.05, 3.63) is 28.2 Å². The van der Waals surface area contributed by atoms with E-state index in [1.165, 1.54) is 18.4 Å². The molecular weight excluding hydrogens is 302 g/mol. The first kappa shape index (κ1) is 16.8. The first-order chi connectivity index (χ1) is 7.77. The number of benzene rings is 1. The van der Waals surface area contributed by atoms with Gasteiger partial charge in [0.05, 0.1) is 6.61 Å². The van der Waals surface area contributed by atoms with Crippen LogP contribution in [0.25, 0.3) is 0 Å². The molecule has 1 N–H and O–H groups in total. The molecule has 0 aliphatic heterocycles. The van der Waals surface area contributed by atoms with Crippen LogP contribution in [-0.2, 0) is 6.54 Å². The third-order valence-electron chi connectivity index (χ3n) is 2.34. The Morgan fingerprint density at radius 1 is 1.29 bits per heavy atom. The molecule has 0 saturated heterocycles. The van der Waals surface area contributed by atoms with Gasteiger partial charge in [0.15, 0.2) is 0 Å². The van der Waals surface area contributed by atoms with E-state index in [0.29, 0.717) is 6.61 Å². The topological polar surface area (TPSA) is 21.3 Å². The van der Waals surface area contributed by atoms with Crippen LogP contribution in [0.4, 0.5) is 0 Å². The molecule has 1 aromatic carbocycles. The summed E-state index contributed by atoms with van der Waals surface area (Å²) in [6, 6.07) is 6.15. The molecule has 0 unspecified atom stereocenters. The Hall–Kier alpha value is -0.250. The fraction of sp³-hybridized carbons (Fsp3) is 0.538. The Balaban J connectivity index is 0.00000256. The third-order valence-corrected chi connectivity index (χ3v) is 2.84. The summed E-state index contributed by atoms with van der Waals surface area (Å²) in [5.41, 5.74) is 1.22. The maximum Gasteiger partial charge on any atom is 0.123 e. The van der Waals surface area contributed by atoms with Gasteiger partial charge in [-0.2, -0.15) is 0 Å². The van der Waals surface area contributed by atoms with Crippen molar-refractivity contribution in [2.24, 2.45) is 0 Å². The summed E-state index contributed by atoms with van der Waals surface area (Å²) in [6.45, 7) is 6.86. The molecule has 98 valence electrons. The zero-order chi connectivity index (χ0) is 11.8. The second kappa shape index (κ2) is 9.75. The number of halogens is 2. The van der Waals surface area contributed by atoms with Crippen LogP contribution in [-0.4, -0.2) is 13.2 Å². The van der Waals surface area contributed by atoms with Crippen molar-refractivity contribution in [1.82, 2.24) is 5.32 Å². The highest BCUT2D eigenvalue weighted by molar-refractivity contribution is 9.10. The highest BCUT2D eigenvalue weighted by atomic mass is 79.9. The highest BCUT2D eigenvalue weighted by Crippen LogP contribution is 2.23. The first-order valence-electron chi connectivity index (χ1n) is 5.89. The summed E-state index contributed by atoms with van der Waals surface area (Å²) in [6.07, 6.45) is 2.45. The summed E-state index contributed by atoms with van der Waals surface area (Å²) >= 11 is 3.49. The van der Waals surface area contributed by atoms with E-state index in [1.54, 1.807) is 0 Å². The number of hydrogen-bond donors (Lipinski definition) is 1. The first-order valence-corrected chi connectivity index (χ1v) is 6.69. The zero-order valence-electron chi connectivity index (χ0n) is 10.5. The van der Waals surface area contributed by atoms with Crippen molar-refractivity contribution in [2.75, 3.05) is 13.2 Å². The van der Waals surface area contributed by atoms with Crippen LogP contribution in [0.15, 0.2) is 22.7 Å². The number of hydrogen-bond acceptors (Lipinski definition) is 2. The molecule has 0 bridgehead atoms. The van der Waals surface area contributed by atoms with E-state index in [2.05, 4.69) is 34.2 Å². The number of unbranched alkanes of at least 4 members (excludes halogenated alkanes) is 1. The summed E-state index contributed by atoms with van der Waals surface area (Å²) in [7, 11) is 0. The molecule has 4 heteroatoms. The lowest BCUT2D eigenvalue weighted by molar-refractivity contribution is 0.335. The SMILES string of the molecule is CCCCNCc1cc(Br)ccc1OCC.Cl. The van der Waals surface area contributed by atoms with Crippen molar-refractivity contribution in [1.29, 1.82) is 0 Å². The number of ether oxygens (including phenoxy) is 1. The predicted octanol–water partition coefficient (Wildman–Crippen LogP) is 4.16. The van der Waals surface area contributed by atoms with Crippen LogP contribution < -0.4 is 10.1 Å². The minimum absolute atomic E-state index is 0. The van der Waals surface area contributed by atoms with Crippen LogP contribution in [0.1, 0.15) is 32.3 Å². The summed E-state index contributed by atoms with van der Waals surface area (Å²) in [5.74, 6) is 0.981. The highest BCUT2D eigenvalue weighted by Gasteiger charge is 2.03. The molecule has 0 aliphatic rings. The van der Waals surface area contributed by atoms with Gasteiger partial charge in [0.2, 0.25) is 0 Å². The molecule has 0 aromatic heterocycles. The standard InChI is InChI=1S/C13H20BrNO.ClH/c1-3-5-8-15-10-11-9-12(14)6-7-13(11)16-4-2;/h6-7,9,15H,3-5,8,10H2,1-2H3;1H. The van der Waals surface area contributed by atoms with E-state index in [9.17, 15) is 0 Å². The number of rotatable bonds is 7. The minimum atomic E-state index is 0. The fourth-order valence-electron chi connectivity index (χ4n) is 1.51. The average molecular weight is 323 g/mol. The van der Waals surface area contributed by atoms with Gasteiger partial charge in [-0.05, 0) is 38.1 Å². The molecule has 17 heavy (non-hydrogen) atoms. The van der Waals surface area contributed by atoms with Crippen molar-refractivity contribution < 1.29 is 4.74 Å². The second-order valence-corrected chi connectivity index (χ2v) is 4.63. The Bertz CT molecular complexity index is 320. The number of nitrogens with one attached hydrogen (secondary N) is 1. The fourth-order valence-corrected chi connectivity index (χ4v) is 1.92. The van der Waals surface area contributed by atoms with Gasteiger partial charge in [-0.25, -0.2) is 0 Å². The van der Waals surface area contributed by atoms with Gasteiger partial charge < -0.3 is 10.1 Å². The summed E-state index contributed by atoms with van der Waals surface area (Å²) in [4.78, 5) is 0. The van der Waals surface area contributed by atoms with Crippen LogP contribution in [0, 0.1) is 0 Å². The second-order valence-electron chi connectivity index (χ2n) is 3.72. The van der Waals surface area contributed by atoms with Gasteiger partial charge in [-0.3, -0.25) is 0 Å². The van der Waals surface area contributed by atoms with Crippen molar-refractivity contribution >= 4 is 28.3 Å². The molecule has 0 atom stereocenters. The van der Waals surface area contributed by atoms with Crippen molar-refractivity contribution in [3.63, 3.8) is 0 Å². The van der Waals surface area contributed by atoms with Gasteiger partial charge in [0.25, 0.3) is 0 Å². The molecule has 2 nitrogen and oxygen atoms in total. The molecular formula is C13H21BrClNO. The lowest BCUT2D eigenvalue weighted by Crippen LogP contribution is -2.15. The van der Waals surface area contributed by atoms with Gasteiger partial charge in [-0.15, -0.1) is 12.4 Å². The van der Waals surface area contributed by atoms with E-state index in [0.717, 1.165) is 23.3 Å². The monoisotopic (exact) mass is 321 g/mol. The van der Waals surface area contributed by atoms with Crippen LogP contribution >= 0.6 is 28.3 Å². The third kappa shape index (κ3) is 6.29. The molecule has 0 radical (unpaired) electrons. The normalized spacial score (nSPS) is 9.82. The smallest absolute Gasteiger partial charge is 0.123 e. The lowest BCUT2D eigenvalue weighted by atomic mass is 10.2. The minimum Gasteiger partial charge on any atom is -0.494 e. The maximum atomic E-state index is 5.59. The average Bonchev–Trinajstić information content (AvgIpc) is 2.28. The molecule has 0 saturated carbocycles. The Labute approximate surface area is 119 Å². The Kier molecular flexibility index (Phi) is 9.60. The molecule has 0 aliphatic carbocycles. The molecule has 0 spiro atoms. The molecule has 0 heterocycles. The predicted molar refractivity (Wildman–Crippen MR) is 79.2 cm³/mol. The van der Waals surface area contributed by atoms with E-state index >= 15 is 0 Å². The van der Waals surface area contributed by atoms with Gasteiger partial charge >= 0.3 is 0 Å². The van der Waals surface area contributed by atoms with Crippen LogP contribution in [0.2, 0.25) is 0 Å². The largest absolute Gasteiger partial charge is 0.494 e. The van der Waals surface area contributed by atoms with Crippen LogP contribution in [0.3, 0.4) is 0 Å². The molecule has 1 aromatic rings. The van der Waals surface area contributed by atoms with E-state index in [4.69, 9.17) is 4.74 Å². The van der Waals surface area contributed by atoms with Gasteiger partial charge in [0, 0.05) is 16.6 Å². The Morgan fingerprint density at radius 2 is 2.06 bits per heavy atom. The van der Waals surface area contributed by atoms with E-state index < -0.39 is 0 Å². The van der Waals surface area contributed by atoms with E-state index in [-0.39, 0.29) is 12.4 Å². The molecule has 0 amide bonds. The van der Waals surface area contributed by atoms with Crippen LogP contribution in [0.5, 0.6) is 5.75 Å².